The van der Waals surface area contributed by atoms with Crippen LogP contribution in [0, 0.1) is 0 Å². The van der Waals surface area contributed by atoms with Crippen molar-refractivity contribution in [3.05, 3.63) is 42.1 Å². The molecule has 19 heavy (non-hydrogen) atoms. The molecule has 0 aliphatic carbocycles. The number of para-hydroxylation sites is 1. The van der Waals surface area contributed by atoms with E-state index < -0.39 is 11.9 Å². The molecule has 0 spiro atoms. The van der Waals surface area contributed by atoms with Gasteiger partial charge in [0.25, 0.3) is 0 Å². The minimum atomic E-state index is -0.606. The molecular weight excluding hydrogens is 246 g/mol. The highest BCUT2D eigenvalue weighted by molar-refractivity contribution is 6.23. The number of carbonyl (C=O) groups is 2. The number of rotatable bonds is 3. The quantitative estimate of drug-likeness (QED) is 0.675. The number of hydrogen-bond donors (Lipinski definition) is 1. The summed E-state index contributed by atoms with van der Waals surface area (Å²) in [6.45, 7) is 0. The van der Waals surface area contributed by atoms with Gasteiger partial charge < -0.3 is 14.5 Å². The molecule has 0 saturated carbocycles. The molecule has 1 heterocycles. The second kappa shape index (κ2) is 5.39. The van der Waals surface area contributed by atoms with E-state index in [4.69, 9.17) is 4.74 Å². The fourth-order valence-electron chi connectivity index (χ4n) is 1.83. The Bertz CT molecular complexity index is 654. The Kier molecular flexibility index (Phi) is 3.66. The van der Waals surface area contributed by atoms with E-state index >= 15 is 0 Å². The number of benzene rings is 1. The molecule has 0 radical (unpaired) electrons. The molecule has 1 aromatic carbocycles. The minimum absolute atomic E-state index is 0.159. The Morgan fingerprint density at radius 3 is 2.58 bits per heavy atom. The molecule has 1 N–H and O–H groups in total. The van der Waals surface area contributed by atoms with Crippen molar-refractivity contribution in [3.8, 4) is 0 Å². The lowest BCUT2D eigenvalue weighted by Gasteiger charge is -2.04. The van der Waals surface area contributed by atoms with Gasteiger partial charge in [-0.2, -0.15) is 0 Å². The van der Waals surface area contributed by atoms with Gasteiger partial charge in [-0.05, 0) is 6.07 Å². The molecule has 2 rings (SSSR count). The van der Waals surface area contributed by atoms with Crippen LogP contribution >= 0.6 is 0 Å². The molecule has 0 saturated heterocycles. The van der Waals surface area contributed by atoms with Gasteiger partial charge in [-0.15, -0.1) is 0 Å². The lowest BCUT2D eigenvalue weighted by Crippen LogP contribution is -2.07. The minimum Gasteiger partial charge on any atom is -0.466 e. The highest BCUT2D eigenvalue weighted by Gasteiger charge is 2.18. The number of aromatic amines is 1. The lowest BCUT2D eigenvalue weighted by atomic mass is 10.0. The summed E-state index contributed by atoms with van der Waals surface area (Å²) in [6.07, 6.45) is 2.79. The summed E-state index contributed by atoms with van der Waals surface area (Å²) in [5.74, 6) is -1.19. The van der Waals surface area contributed by atoms with Gasteiger partial charge in [0.15, 0.2) is 0 Å². The molecule has 0 aliphatic rings. The fraction of sp³-hybridized carbons (Fsp3) is 0.143. The molecule has 5 nitrogen and oxygen atoms in total. The predicted molar refractivity (Wildman–Crippen MR) is 70.3 cm³/mol. The maximum absolute atomic E-state index is 11.8. The Labute approximate surface area is 109 Å². The van der Waals surface area contributed by atoms with Crippen LogP contribution < -0.4 is 0 Å². The van der Waals surface area contributed by atoms with Gasteiger partial charge in [-0.1, -0.05) is 18.2 Å². The molecule has 2 aromatic rings. The van der Waals surface area contributed by atoms with Gasteiger partial charge in [0.2, 0.25) is 0 Å². The Hall–Kier alpha value is -2.56. The van der Waals surface area contributed by atoms with E-state index in [0.29, 0.717) is 5.56 Å². The Morgan fingerprint density at radius 1 is 1.16 bits per heavy atom. The standard InChI is InChI=1S/C14H13NO4/c1-18-13(16)7-10(14(17)19-2)11-8-15-12-6-4-3-5-9(11)12/h3-8,15H,1-2H3/b10-7+. The van der Waals surface area contributed by atoms with Crippen molar-refractivity contribution in [2.45, 2.75) is 0 Å². The molecular formula is C14H13NO4. The van der Waals surface area contributed by atoms with Crippen LogP contribution in [0.1, 0.15) is 5.56 Å². The molecule has 0 unspecified atom stereocenters. The highest BCUT2D eigenvalue weighted by atomic mass is 16.5. The normalized spacial score (nSPS) is 11.4. The van der Waals surface area contributed by atoms with Gasteiger partial charge in [0.1, 0.15) is 0 Å². The first-order valence-electron chi connectivity index (χ1n) is 5.62. The topological polar surface area (TPSA) is 68.4 Å². The average Bonchev–Trinajstić information content (AvgIpc) is 2.87. The average molecular weight is 259 g/mol. The van der Waals surface area contributed by atoms with E-state index in [1.165, 1.54) is 14.2 Å². The third kappa shape index (κ3) is 2.49. The van der Waals surface area contributed by atoms with Crippen LogP contribution in [0.25, 0.3) is 16.5 Å². The number of fused-ring (bicyclic) bond motifs is 1. The van der Waals surface area contributed by atoms with E-state index in [1.54, 1.807) is 6.20 Å². The van der Waals surface area contributed by atoms with Gasteiger partial charge in [-0.3, -0.25) is 0 Å². The van der Waals surface area contributed by atoms with E-state index in [1.807, 2.05) is 24.3 Å². The zero-order valence-corrected chi connectivity index (χ0v) is 10.6. The third-order valence-corrected chi connectivity index (χ3v) is 2.75. The van der Waals surface area contributed by atoms with Crippen molar-refractivity contribution in [3.63, 3.8) is 0 Å². The van der Waals surface area contributed by atoms with Crippen LogP contribution in [0.2, 0.25) is 0 Å². The van der Waals surface area contributed by atoms with Gasteiger partial charge >= 0.3 is 11.9 Å². The number of esters is 2. The summed E-state index contributed by atoms with van der Waals surface area (Å²) in [4.78, 5) is 26.2. The lowest BCUT2D eigenvalue weighted by molar-refractivity contribution is -0.136. The first kappa shape index (κ1) is 12.9. The predicted octanol–water partition coefficient (Wildman–Crippen LogP) is 1.90. The van der Waals surface area contributed by atoms with Crippen molar-refractivity contribution in [2.75, 3.05) is 14.2 Å². The van der Waals surface area contributed by atoms with Crippen LogP contribution in [0.3, 0.4) is 0 Å². The molecule has 0 atom stereocenters. The number of methoxy groups -OCH3 is 2. The number of H-pyrrole nitrogens is 1. The summed E-state index contributed by atoms with van der Waals surface area (Å²) in [7, 11) is 2.52. The van der Waals surface area contributed by atoms with Gasteiger partial charge in [0, 0.05) is 28.7 Å². The maximum Gasteiger partial charge on any atom is 0.338 e. The van der Waals surface area contributed by atoms with E-state index in [2.05, 4.69) is 9.72 Å². The van der Waals surface area contributed by atoms with Crippen molar-refractivity contribution in [1.29, 1.82) is 0 Å². The number of ether oxygens (including phenoxy) is 2. The number of hydrogen-bond acceptors (Lipinski definition) is 4. The number of nitrogens with one attached hydrogen (secondary N) is 1. The second-order valence-electron chi connectivity index (χ2n) is 3.82. The van der Waals surface area contributed by atoms with Crippen molar-refractivity contribution < 1.29 is 19.1 Å². The molecule has 0 aliphatic heterocycles. The fourth-order valence-corrected chi connectivity index (χ4v) is 1.83. The van der Waals surface area contributed by atoms with Crippen LogP contribution in [-0.4, -0.2) is 31.1 Å². The van der Waals surface area contributed by atoms with E-state index in [-0.39, 0.29) is 5.57 Å². The summed E-state index contributed by atoms with van der Waals surface area (Å²) in [6, 6.07) is 7.47. The number of carbonyl (C=O) groups excluding carboxylic acids is 2. The maximum atomic E-state index is 11.8. The van der Waals surface area contributed by atoms with Gasteiger partial charge in [-0.25, -0.2) is 9.59 Å². The van der Waals surface area contributed by atoms with Crippen molar-refractivity contribution in [2.24, 2.45) is 0 Å². The zero-order chi connectivity index (χ0) is 13.8. The smallest absolute Gasteiger partial charge is 0.338 e. The van der Waals surface area contributed by atoms with Crippen LogP contribution in [-0.2, 0) is 19.1 Å². The van der Waals surface area contributed by atoms with Crippen LogP contribution in [0.4, 0.5) is 0 Å². The zero-order valence-electron chi connectivity index (χ0n) is 10.6. The van der Waals surface area contributed by atoms with Crippen molar-refractivity contribution >= 4 is 28.4 Å². The summed E-state index contributed by atoms with van der Waals surface area (Å²) >= 11 is 0. The summed E-state index contributed by atoms with van der Waals surface area (Å²) in [5, 5.41) is 0.836. The third-order valence-electron chi connectivity index (χ3n) is 2.75. The van der Waals surface area contributed by atoms with Crippen LogP contribution in [0.15, 0.2) is 36.5 Å². The van der Waals surface area contributed by atoms with Crippen LogP contribution in [0.5, 0.6) is 0 Å². The van der Waals surface area contributed by atoms with Gasteiger partial charge in [0.05, 0.1) is 19.8 Å². The first-order valence-corrected chi connectivity index (χ1v) is 5.62. The summed E-state index contributed by atoms with van der Waals surface area (Å²) in [5.41, 5.74) is 1.64. The second-order valence-corrected chi connectivity index (χ2v) is 3.82. The van der Waals surface area contributed by atoms with E-state index in [0.717, 1.165) is 17.0 Å². The molecule has 0 amide bonds. The molecule has 0 fully saturated rings. The monoisotopic (exact) mass is 259 g/mol. The Balaban J connectivity index is 2.58. The Morgan fingerprint density at radius 2 is 1.89 bits per heavy atom. The molecule has 0 bridgehead atoms. The largest absolute Gasteiger partial charge is 0.466 e. The molecule has 5 heteroatoms. The first-order chi connectivity index (χ1) is 9.17. The molecule has 98 valence electrons. The molecule has 1 aromatic heterocycles. The van der Waals surface area contributed by atoms with E-state index in [9.17, 15) is 9.59 Å². The number of aromatic nitrogens is 1. The SMILES string of the molecule is COC(=O)/C=C(/C(=O)OC)c1c[nH]c2ccccc12. The highest BCUT2D eigenvalue weighted by Crippen LogP contribution is 2.25. The van der Waals surface area contributed by atoms with Crippen molar-refractivity contribution in [1.82, 2.24) is 4.98 Å². The summed E-state index contributed by atoms with van der Waals surface area (Å²) < 4.78 is 9.25.